The summed E-state index contributed by atoms with van der Waals surface area (Å²) in [6, 6.07) is 5.94. The largest absolute Gasteiger partial charge is 0.481 e. The quantitative estimate of drug-likeness (QED) is 0.268. The van der Waals surface area contributed by atoms with E-state index in [0.717, 1.165) is 43.3 Å². The van der Waals surface area contributed by atoms with E-state index in [9.17, 15) is 0 Å². The SMILES string of the molecule is CCNC(=NCc1ccnc(OC)c1)NCCCn1nc(C)cc1C.I. The van der Waals surface area contributed by atoms with Crippen LogP contribution in [0.4, 0.5) is 0 Å². The number of nitrogens with one attached hydrogen (secondary N) is 2. The van der Waals surface area contributed by atoms with E-state index in [2.05, 4.69) is 45.6 Å². The summed E-state index contributed by atoms with van der Waals surface area (Å²) in [4.78, 5) is 8.72. The van der Waals surface area contributed by atoms with Gasteiger partial charge in [0, 0.05) is 37.6 Å². The molecule has 0 aliphatic heterocycles. The first-order chi connectivity index (χ1) is 12.1. The number of methoxy groups -OCH3 is 1. The second kappa shape index (κ2) is 11.7. The first-order valence-electron chi connectivity index (χ1n) is 8.64. The first-order valence-corrected chi connectivity index (χ1v) is 8.64. The lowest BCUT2D eigenvalue weighted by Crippen LogP contribution is -2.38. The van der Waals surface area contributed by atoms with Crippen LogP contribution in [0.25, 0.3) is 0 Å². The zero-order chi connectivity index (χ0) is 18.1. The van der Waals surface area contributed by atoms with Gasteiger partial charge in [-0.3, -0.25) is 4.68 Å². The van der Waals surface area contributed by atoms with Gasteiger partial charge in [0.05, 0.1) is 19.3 Å². The molecule has 26 heavy (non-hydrogen) atoms. The van der Waals surface area contributed by atoms with E-state index >= 15 is 0 Å². The molecule has 2 aromatic heterocycles. The van der Waals surface area contributed by atoms with Gasteiger partial charge in [0.15, 0.2) is 5.96 Å². The summed E-state index contributed by atoms with van der Waals surface area (Å²) >= 11 is 0. The lowest BCUT2D eigenvalue weighted by Gasteiger charge is -2.12. The molecule has 0 radical (unpaired) electrons. The highest BCUT2D eigenvalue weighted by Crippen LogP contribution is 2.09. The molecule has 8 heteroatoms. The fourth-order valence-electron chi connectivity index (χ4n) is 2.51. The lowest BCUT2D eigenvalue weighted by atomic mass is 10.3. The van der Waals surface area contributed by atoms with Gasteiger partial charge in [-0.1, -0.05) is 0 Å². The standard InChI is InChI=1S/C18H28N6O.HI/c1-5-19-18(22-13-16-7-9-20-17(12-16)25-4)21-8-6-10-24-15(3)11-14(2)23-24;/h7,9,11-12H,5-6,8,10,13H2,1-4H3,(H2,19,21,22);1H. The molecule has 2 N–H and O–H groups in total. The molecule has 144 valence electrons. The average Bonchev–Trinajstić information content (AvgIpc) is 2.94. The van der Waals surface area contributed by atoms with E-state index in [1.165, 1.54) is 5.69 Å². The van der Waals surface area contributed by atoms with Crippen molar-refractivity contribution in [3.05, 3.63) is 41.3 Å². The van der Waals surface area contributed by atoms with Gasteiger partial charge in [-0.15, -0.1) is 24.0 Å². The Hall–Kier alpha value is -1.84. The number of aryl methyl sites for hydroxylation is 3. The molecular weight excluding hydrogens is 443 g/mol. The number of aliphatic imine (C=N–C) groups is 1. The Morgan fingerprint density at radius 2 is 2.08 bits per heavy atom. The highest BCUT2D eigenvalue weighted by atomic mass is 127. The smallest absolute Gasteiger partial charge is 0.213 e. The fraction of sp³-hybridized carbons (Fsp3) is 0.500. The van der Waals surface area contributed by atoms with Crippen molar-refractivity contribution in [1.29, 1.82) is 0 Å². The van der Waals surface area contributed by atoms with Crippen molar-refractivity contribution in [3.8, 4) is 5.88 Å². The maximum atomic E-state index is 5.14. The molecule has 0 fully saturated rings. The molecule has 0 saturated carbocycles. The Bertz CT molecular complexity index is 701. The highest BCUT2D eigenvalue weighted by Gasteiger charge is 2.02. The summed E-state index contributed by atoms with van der Waals surface area (Å²) in [5, 5.41) is 11.1. The molecule has 7 nitrogen and oxygen atoms in total. The monoisotopic (exact) mass is 472 g/mol. The molecule has 0 unspecified atom stereocenters. The van der Waals surface area contributed by atoms with Crippen LogP contribution in [-0.2, 0) is 13.1 Å². The zero-order valence-electron chi connectivity index (χ0n) is 16.0. The third-order valence-electron chi connectivity index (χ3n) is 3.71. The van der Waals surface area contributed by atoms with Crippen LogP contribution in [0.1, 0.15) is 30.3 Å². The van der Waals surface area contributed by atoms with Gasteiger partial charge in [-0.05, 0) is 44.9 Å². The van der Waals surface area contributed by atoms with Crippen LogP contribution in [0.3, 0.4) is 0 Å². The molecule has 0 aromatic carbocycles. The summed E-state index contributed by atoms with van der Waals surface area (Å²) in [6.45, 7) is 9.29. The molecule has 0 spiro atoms. The minimum atomic E-state index is 0. The summed E-state index contributed by atoms with van der Waals surface area (Å²) < 4.78 is 7.19. The third kappa shape index (κ3) is 7.19. The minimum Gasteiger partial charge on any atom is -0.481 e. The van der Waals surface area contributed by atoms with Gasteiger partial charge in [0.1, 0.15) is 0 Å². The van der Waals surface area contributed by atoms with Crippen LogP contribution in [-0.4, -0.2) is 40.9 Å². The number of hydrogen-bond acceptors (Lipinski definition) is 4. The average molecular weight is 472 g/mol. The number of aromatic nitrogens is 3. The second-order valence-electron chi connectivity index (χ2n) is 5.83. The van der Waals surface area contributed by atoms with Crippen molar-refractivity contribution in [2.24, 2.45) is 4.99 Å². The van der Waals surface area contributed by atoms with Crippen molar-refractivity contribution in [3.63, 3.8) is 0 Å². The molecule has 0 aliphatic rings. The number of rotatable bonds is 8. The van der Waals surface area contributed by atoms with Crippen molar-refractivity contribution >= 4 is 29.9 Å². The topological polar surface area (TPSA) is 76.4 Å². The Morgan fingerprint density at radius 3 is 2.73 bits per heavy atom. The predicted octanol–water partition coefficient (Wildman–Crippen LogP) is 2.67. The Labute approximate surface area is 172 Å². The third-order valence-corrected chi connectivity index (χ3v) is 3.71. The number of pyridine rings is 1. The van der Waals surface area contributed by atoms with Gasteiger partial charge >= 0.3 is 0 Å². The Balaban J connectivity index is 0.00000338. The summed E-state index contributed by atoms with van der Waals surface area (Å²) in [6.07, 6.45) is 2.72. The van der Waals surface area contributed by atoms with Gasteiger partial charge in [0.25, 0.3) is 0 Å². The maximum Gasteiger partial charge on any atom is 0.213 e. The van der Waals surface area contributed by atoms with Crippen molar-refractivity contribution < 1.29 is 4.74 Å². The van der Waals surface area contributed by atoms with E-state index in [-0.39, 0.29) is 24.0 Å². The number of nitrogens with zero attached hydrogens (tertiary/aromatic N) is 4. The number of halogens is 1. The van der Waals surface area contributed by atoms with E-state index in [1.54, 1.807) is 13.3 Å². The molecule has 0 bridgehead atoms. The van der Waals surface area contributed by atoms with E-state index in [0.29, 0.717) is 12.4 Å². The van der Waals surface area contributed by atoms with Gasteiger partial charge < -0.3 is 15.4 Å². The number of hydrogen-bond donors (Lipinski definition) is 2. The summed E-state index contributed by atoms with van der Waals surface area (Å²) in [5.41, 5.74) is 3.32. The Kier molecular flexibility index (Phi) is 10.0. The van der Waals surface area contributed by atoms with Crippen LogP contribution in [0, 0.1) is 13.8 Å². The van der Waals surface area contributed by atoms with Gasteiger partial charge in [0.2, 0.25) is 5.88 Å². The summed E-state index contributed by atoms with van der Waals surface area (Å²) in [7, 11) is 1.61. The van der Waals surface area contributed by atoms with Crippen LogP contribution in [0.5, 0.6) is 5.88 Å². The highest BCUT2D eigenvalue weighted by molar-refractivity contribution is 14.0. The predicted molar refractivity (Wildman–Crippen MR) is 115 cm³/mol. The molecule has 2 rings (SSSR count). The molecule has 0 atom stereocenters. The molecule has 0 saturated heterocycles. The van der Waals surface area contributed by atoms with Crippen molar-refractivity contribution in [1.82, 2.24) is 25.4 Å². The van der Waals surface area contributed by atoms with E-state index < -0.39 is 0 Å². The fourth-order valence-corrected chi connectivity index (χ4v) is 2.51. The second-order valence-corrected chi connectivity index (χ2v) is 5.83. The van der Waals surface area contributed by atoms with Crippen LogP contribution < -0.4 is 15.4 Å². The Morgan fingerprint density at radius 1 is 1.27 bits per heavy atom. The van der Waals surface area contributed by atoms with Gasteiger partial charge in [-0.2, -0.15) is 5.10 Å². The first kappa shape index (κ1) is 22.2. The van der Waals surface area contributed by atoms with Gasteiger partial charge in [-0.25, -0.2) is 9.98 Å². The van der Waals surface area contributed by atoms with Crippen molar-refractivity contribution in [2.45, 2.75) is 40.3 Å². The molecule has 2 aromatic rings. The normalized spacial score (nSPS) is 11.0. The molecule has 0 amide bonds. The van der Waals surface area contributed by atoms with Crippen LogP contribution >= 0.6 is 24.0 Å². The van der Waals surface area contributed by atoms with Crippen LogP contribution in [0.2, 0.25) is 0 Å². The van der Waals surface area contributed by atoms with E-state index in [1.807, 2.05) is 23.7 Å². The number of guanidine groups is 1. The van der Waals surface area contributed by atoms with E-state index in [4.69, 9.17) is 4.74 Å². The molecular formula is C18H29IN6O. The lowest BCUT2D eigenvalue weighted by molar-refractivity contribution is 0.397. The zero-order valence-corrected chi connectivity index (χ0v) is 18.3. The summed E-state index contributed by atoms with van der Waals surface area (Å²) in [5.74, 6) is 1.42. The molecule has 2 heterocycles. The molecule has 0 aliphatic carbocycles. The minimum absolute atomic E-state index is 0. The van der Waals surface area contributed by atoms with Crippen molar-refractivity contribution in [2.75, 3.05) is 20.2 Å². The van der Waals surface area contributed by atoms with Crippen LogP contribution in [0.15, 0.2) is 29.4 Å². The maximum absolute atomic E-state index is 5.14. The number of ether oxygens (including phenoxy) is 1.